The van der Waals surface area contributed by atoms with E-state index in [1.165, 1.54) is 0 Å². The second-order valence-corrected chi connectivity index (χ2v) is 3.70. The summed E-state index contributed by atoms with van der Waals surface area (Å²) in [5, 5.41) is 11.0. The molecule has 0 heterocycles. The van der Waals surface area contributed by atoms with Gasteiger partial charge < -0.3 is 10.8 Å². The zero-order valence-corrected chi connectivity index (χ0v) is 9.06. The zero-order chi connectivity index (χ0) is 11.4. The van der Waals surface area contributed by atoms with Crippen LogP contribution in [0.4, 0.5) is 5.69 Å². The van der Waals surface area contributed by atoms with Gasteiger partial charge in [-0.15, -0.1) is 0 Å². The molecule has 2 aromatic rings. The molecule has 2 aromatic carbocycles. The summed E-state index contributed by atoms with van der Waals surface area (Å²) in [4.78, 5) is 0. The number of hydrogen-bond acceptors (Lipinski definition) is 2. The molecule has 0 aliphatic heterocycles. The summed E-state index contributed by atoms with van der Waals surface area (Å²) >= 11 is 0. The Morgan fingerprint density at radius 1 is 1.06 bits per heavy atom. The summed E-state index contributed by atoms with van der Waals surface area (Å²) in [5.41, 5.74) is 7.85. The van der Waals surface area contributed by atoms with Crippen molar-refractivity contribution in [1.29, 1.82) is 0 Å². The van der Waals surface area contributed by atoms with Crippen molar-refractivity contribution in [3.63, 3.8) is 0 Å². The van der Waals surface area contributed by atoms with Crippen molar-refractivity contribution in [3.8, 4) is 0 Å². The molecule has 0 fully saturated rings. The predicted octanol–water partition coefficient (Wildman–Crippen LogP) is 2.82. The Labute approximate surface area is 95.0 Å². The van der Waals surface area contributed by atoms with Crippen molar-refractivity contribution in [2.75, 3.05) is 12.3 Å². The number of hydrogen-bond donors (Lipinski definition) is 2. The maximum absolute atomic E-state index is 8.73. The first-order chi connectivity index (χ1) is 7.83. The summed E-state index contributed by atoms with van der Waals surface area (Å²) in [7, 11) is 0. The number of benzene rings is 2. The largest absolute Gasteiger partial charge is 0.398 e. The molecule has 3 N–H and O–H groups in total. The Bertz CT molecular complexity index is 517. The van der Waals surface area contributed by atoms with Gasteiger partial charge in [0.2, 0.25) is 0 Å². The van der Waals surface area contributed by atoms with E-state index in [4.69, 9.17) is 10.8 Å². The fourth-order valence-corrected chi connectivity index (χ4v) is 1.79. The van der Waals surface area contributed by atoms with Crippen LogP contribution in [0.5, 0.6) is 0 Å². The number of fused-ring (bicyclic) bond motifs is 1. The number of rotatable bonds is 3. The average Bonchev–Trinajstić information content (AvgIpc) is 2.31. The maximum Gasteiger partial charge on any atom is 0.0465 e. The number of anilines is 1. The van der Waals surface area contributed by atoms with Crippen molar-refractivity contribution in [2.45, 2.75) is 6.42 Å². The molecular weight excluding hydrogens is 198 g/mol. The molecule has 2 heteroatoms. The molecule has 0 bridgehead atoms. The van der Waals surface area contributed by atoms with Crippen LogP contribution in [0.15, 0.2) is 42.5 Å². The highest BCUT2D eigenvalue weighted by molar-refractivity contribution is 5.97. The molecule has 0 amide bonds. The van der Waals surface area contributed by atoms with Crippen LogP contribution in [-0.2, 0) is 0 Å². The van der Waals surface area contributed by atoms with Gasteiger partial charge in [-0.1, -0.05) is 42.5 Å². The van der Waals surface area contributed by atoms with E-state index in [0.29, 0.717) is 6.42 Å². The van der Waals surface area contributed by atoms with Gasteiger partial charge in [0, 0.05) is 17.7 Å². The molecule has 0 aromatic heterocycles. The fourth-order valence-electron chi connectivity index (χ4n) is 1.79. The van der Waals surface area contributed by atoms with Crippen LogP contribution < -0.4 is 5.73 Å². The number of nitrogen functional groups attached to an aromatic ring is 1. The average molecular weight is 213 g/mol. The highest BCUT2D eigenvalue weighted by Crippen LogP contribution is 2.24. The zero-order valence-electron chi connectivity index (χ0n) is 9.06. The van der Waals surface area contributed by atoms with E-state index in [1.54, 1.807) is 0 Å². The normalized spacial score (nSPS) is 11.3. The van der Waals surface area contributed by atoms with Crippen molar-refractivity contribution in [3.05, 3.63) is 48.0 Å². The van der Waals surface area contributed by atoms with Crippen molar-refractivity contribution < 1.29 is 5.11 Å². The Morgan fingerprint density at radius 3 is 2.62 bits per heavy atom. The minimum Gasteiger partial charge on any atom is -0.398 e. The first-order valence-electron chi connectivity index (χ1n) is 5.37. The third-order valence-corrected chi connectivity index (χ3v) is 2.58. The van der Waals surface area contributed by atoms with Crippen molar-refractivity contribution in [2.24, 2.45) is 0 Å². The lowest BCUT2D eigenvalue weighted by atomic mass is 10.0. The SMILES string of the molecule is Nc1cccc2c(C=CCCO)cccc12. The second kappa shape index (κ2) is 4.81. The summed E-state index contributed by atoms with van der Waals surface area (Å²) in [6.45, 7) is 0.184. The first-order valence-corrected chi connectivity index (χ1v) is 5.37. The van der Waals surface area contributed by atoms with Crippen molar-refractivity contribution >= 4 is 22.5 Å². The quantitative estimate of drug-likeness (QED) is 0.770. The molecule has 2 nitrogen and oxygen atoms in total. The maximum atomic E-state index is 8.73. The first kappa shape index (κ1) is 10.7. The topological polar surface area (TPSA) is 46.2 Å². The van der Waals surface area contributed by atoms with Crippen LogP contribution in [0.1, 0.15) is 12.0 Å². The minimum atomic E-state index is 0.184. The summed E-state index contributed by atoms with van der Waals surface area (Å²) < 4.78 is 0. The lowest BCUT2D eigenvalue weighted by Gasteiger charge is -2.04. The van der Waals surface area contributed by atoms with Gasteiger partial charge in [-0.3, -0.25) is 0 Å². The smallest absolute Gasteiger partial charge is 0.0465 e. The molecule has 0 saturated carbocycles. The lowest BCUT2D eigenvalue weighted by Crippen LogP contribution is -1.87. The molecule has 16 heavy (non-hydrogen) atoms. The Balaban J connectivity index is 2.50. The molecule has 82 valence electrons. The Kier molecular flexibility index (Phi) is 3.22. The lowest BCUT2D eigenvalue weighted by molar-refractivity contribution is 0.303. The molecule has 0 atom stereocenters. The van der Waals surface area contributed by atoms with E-state index in [-0.39, 0.29) is 6.61 Å². The molecule has 2 rings (SSSR count). The molecule has 0 aliphatic carbocycles. The van der Waals surface area contributed by atoms with Crippen LogP contribution in [-0.4, -0.2) is 11.7 Å². The van der Waals surface area contributed by atoms with Gasteiger partial charge in [-0.25, -0.2) is 0 Å². The van der Waals surface area contributed by atoms with E-state index in [9.17, 15) is 0 Å². The molecule has 0 spiro atoms. The van der Waals surface area contributed by atoms with Gasteiger partial charge in [-0.05, 0) is 23.4 Å². The van der Waals surface area contributed by atoms with Gasteiger partial charge in [0.05, 0.1) is 0 Å². The van der Waals surface area contributed by atoms with Gasteiger partial charge in [-0.2, -0.15) is 0 Å². The van der Waals surface area contributed by atoms with Gasteiger partial charge in [0.15, 0.2) is 0 Å². The summed E-state index contributed by atoms with van der Waals surface area (Å²) in [6.07, 6.45) is 4.68. The second-order valence-electron chi connectivity index (χ2n) is 3.70. The molecule has 0 unspecified atom stereocenters. The number of nitrogens with two attached hydrogens (primary N) is 1. The standard InChI is InChI=1S/C14H15NO/c15-14-9-4-7-12-11(5-1-2-10-16)6-3-8-13(12)14/h1,3-9,16H,2,10,15H2. The Morgan fingerprint density at radius 2 is 1.81 bits per heavy atom. The minimum absolute atomic E-state index is 0.184. The summed E-state index contributed by atoms with van der Waals surface area (Å²) in [5.74, 6) is 0. The van der Waals surface area contributed by atoms with Crippen LogP contribution >= 0.6 is 0 Å². The van der Waals surface area contributed by atoms with Crippen LogP contribution in [0, 0.1) is 0 Å². The van der Waals surface area contributed by atoms with Crippen LogP contribution in [0.25, 0.3) is 16.8 Å². The van der Waals surface area contributed by atoms with Crippen LogP contribution in [0.2, 0.25) is 0 Å². The number of aliphatic hydroxyl groups excluding tert-OH is 1. The van der Waals surface area contributed by atoms with Gasteiger partial charge >= 0.3 is 0 Å². The third-order valence-electron chi connectivity index (χ3n) is 2.58. The molecule has 0 radical (unpaired) electrons. The summed E-state index contributed by atoms with van der Waals surface area (Å²) in [6, 6.07) is 12.0. The Hall–Kier alpha value is -1.80. The molecule has 0 saturated heterocycles. The van der Waals surface area contributed by atoms with E-state index < -0.39 is 0 Å². The van der Waals surface area contributed by atoms with E-state index in [2.05, 4.69) is 12.1 Å². The number of aliphatic hydroxyl groups is 1. The van der Waals surface area contributed by atoms with Gasteiger partial charge in [0.25, 0.3) is 0 Å². The van der Waals surface area contributed by atoms with E-state index >= 15 is 0 Å². The van der Waals surface area contributed by atoms with Crippen LogP contribution in [0.3, 0.4) is 0 Å². The highest BCUT2D eigenvalue weighted by Gasteiger charge is 1.99. The molecule has 0 aliphatic rings. The monoisotopic (exact) mass is 213 g/mol. The molecular formula is C14H15NO. The fraction of sp³-hybridized carbons (Fsp3) is 0.143. The van der Waals surface area contributed by atoms with E-state index in [0.717, 1.165) is 22.0 Å². The van der Waals surface area contributed by atoms with Crippen molar-refractivity contribution in [1.82, 2.24) is 0 Å². The van der Waals surface area contributed by atoms with Gasteiger partial charge in [0.1, 0.15) is 0 Å². The third kappa shape index (κ3) is 2.07. The van der Waals surface area contributed by atoms with E-state index in [1.807, 2.05) is 36.4 Å². The highest BCUT2D eigenvalue weighted by atomic mass is 16.2. The predicted molar refractivity (Wildman–Crippen MR) is 69.1 cm³/mol.